The summed E-state index contributed by atoms with van der Waals surface area (Å²) >= 11 is 0. The molecule has 5 heterocycles. The van der Waals surface area contributed by atoms with Gasteiger partial charge in [-0.15, -0.1) is 0 Å². The Kier molecular flexibility index (Phi) is 8.11. The molecule has 8 nitrogen and oxygen atoms in total. The minimum Gasteiger partial charge on any atom is -0.390 e. The topological polar surface area (TPSA) is 106 Å². The molecule has 0 aromatic carbocycles. The molecule has 0 aromatic rings. The maximum atomic E-state index is 11.4. The molecule has 0 saturated carbocycles. The third-order valence-corrected chi connectivity index (χ3v) is 11.1. The number of aliphatic hydroxyl groups excluding tert-OH is 1. The number of ether oxygens (including phenoxy) is 6. The van der Waals surface area contributed by atoms with Gasteiger partial charge in [-0.2, -0.15) is 0 Å². The van der Waals surface area contributed by atoms with Crippen LogP contribution in [-0.2, 0) is 28.4 Å². The average molecular weight is 583 g/mol. The third kappa shape index (κ3) is 7.00. The van der Waals surface area contributed by atoms with Crippen LogP contribution in [0.1, 0.15) is 133 Å². The van der Waals surface area contributed by atoms with Crippen LogP contribution in [-0.4, -0.2) is 86.2 Å². The van der Waals surface area contributed by atoms with Gasteiger partial charge in [-0.1, -0.05) is 0 Å². The van der Waals surface area contributed by atoms with Crippen LogP contribution in [0.5, 0.6) is 0 Å². The van der Waals surface area contributed by atoms with E-state index in [2.05, 4.69) is 27.7 Å². The molecule has 41 heavy (non-hydrogen) atoms. The van der Waals surface area contributed by atoms with E-state index in [0.29, 0.717) is 31.5 Å². The summed E-state index contributed by atoms with van der Waals surface area (Å²) in [6.45, 7) is 20.5. The molecule has 0 bridgehead atoms. The first-order valence-corrected chi connectivity index (χ1v) is 16.2. The van der Waals surface area contributed by atoms with Crippen molar-refractivity contribution in [1.82, 2.24) is 0 Å². The fourth-order valence-corrected chi connectivity index (χ4v) is 7.68. The van der Waals surface area contributed by atoms with Gasteiger partial charge in [0.25, 0.3) is 0 Å². The minimum absolute atomic E-state index is 0.0180. The lowest BCUT2D eigenvalue weighted by Crippen LogP contribution is -2.46. The molecular formula is C33H58O8. The second kappa shape index (κ2) is 10.4. The summed E-state index contributed by atoms with van der Waals surface area (Å²) in [5, 5.41) is 22.6. The second-order valence-electron chi connectivity index (χ2n) is 16.3. The second-order valence-corrected chi connectivity index (χ2v) is 16.3. The lowest BCUT2D eigenvalue weighted by Gasteiger charge is -2.36. The Hall–Kier alpha value is -0.320. The van der Waals surface area contributed by atoms with Gasteiger partial charge < -0.3 is 38.6 Å². The summed E-state index contributed by atoms with van der Waals surface area (Å²) in [6.07, 6.45) is 7.99. The Balaban J connectivity index is 1.01. The number of hydrogen-bond acceptors (Lipinski definition) is 8. The molecule has 0 radical (unpaired) electrons. The van der Waals surface area contributed by atoms with Crippen molar-refractivity contribution in [2.24, 2.45) is 0 Å². The molecule has 5 saturated heterocycles. The largest absolute Gasteiger partial charge is 0.390 e. The van der Waals surface area contributed by atoms with Gasteiger partial charge in [0.05, 0.1) is 70.2 Å². The molecule has 5 aliphatic heterocycles. The first kappa shape index (κ1) is 32.1. The molecule has 238 valence electrons. The van der Waals surface area contributed by atoms with E-state index in [1.807, 2.05) is 41.5 Å². The highest BCUT2D eigenvalue weighted by Gasteiger charge is 2.58. The van der Waals surface area contributed by atoms with E-state index in [4.69, 9.17) is 28.4 Å². The molecule has 5 rings (SSSR count). The lowest BCUT2D eigenvalue weighted by molar-refractivity contribution is -0.167. The Morgan fingerprint density at radius 2 is 1.24 bits per heavy atom. The maximum absolute atomic E-state index is 11.4. The molecule has 5 aliphatic rings. The van der Waals surface area contributed by atoms with Crippen LogP contribution in [0.3, 0.4) is 0 Å². The smallest absolute Gasteiger partial charge is 0.164 e. The Bertz CT molecular complexity index is 963. The van der Waals surface area contributed by atoms with Crippen molar-refractivity contribution in [1.29, 1.82) is 0 Å². The van der Waals surface area contributed by atoms with E-state index < -0.39 is 28.7 Å². The van der Waals surface area contributed by atoms with E-state index in [-0.39, 0.29) is 35.1 Å². The highest BCUT2D eigenvalue weighted by Crippen LogP contribution is 2.51. The highest BCUT2D eigenvalue weighted by atomic mass is 16.8. The van der Waals surface area contributed by atoms with E-state index in [1.165, 1.54) is 0 Å². The first-order chi connectivity index (χ1) is 18.7. The van der Waals surface area contributed by atoms with Crippen LogP contribution in [0.25, 0.3) is 0 Å². The van der Waals surface area contributed by atoms with Crippen molar-refractivity contribution < 1.29 is 38.6 Å². The zero-order valence-electron chi connectivity index (χ0n) is 27.4. The lowest BCUT2D eigenvalue weighted by atomic mass is 9.86. The SMILES string of the molecule is CC1(C)O[C@H](CC[C@](C)(O)[C@H]2CC[C@@](C)([C@H](O)CC[C@H]3OC3(C)CC[C@H]3OC3(C)CC[C@H]3OC3(C)C)O2)C(C)(C)O1. The number of epoxide rings is 3. The van der Waals surface area contributed by atoms with Gasteiger partial charge >= 0.3 is 0 Å². The molecule has 5 fully saturated rings. The monoisotopic (exact) mass is 582 g/mol. The van der Waals surface area contributed by atoms with E-state index >= 15 is 0 Å². The van der Waals surface area contributed by atoms with Crippen molar-refractivity contribution in [2.75, 3.05) is 0 Å². The summed E-state index contributed by atoms with van der Waals surface area (Å²) in [4.78, 5) is 0. The maximum Gasteiger partial charge on any atom is 0.164 e. The van der Waals surface area contributed by atoms with Crippen molar-refractivity contribution in [3.63, 3.8) is 0 Å². The van der Waals surface area contributed by atoms with Crippen molar-refractivity contribution >= 4 is 0 Å². The number of aliphatic hydroxyl groups is 2. The first-order valence-electron chi connectivity index (χ1n) is 16.2. The molecule has 0 spiro atoms. The van der Waals surface area contributed by atoms with Crippen LogP contribution in [0, 0.1) is 0 Å². The molecule has 8 heteroatoms. The summed E-state index contributed by atoms with van der Waals surface area (Å²) in [5.74, 6) is -0.622. The van der Waals surface area contributed by atoms with Crippen LogP contribution >= 0.6 is 0 Å². The fraction of sp³-hybridized carbons (Fsp3) is 1.00. The standard InChI is InChI=1S/C33H58O8/c1-27(2)22(36-27)14-19-33(10)26(40-33)16-20-32(9)25(39-32)12-11-21(34)31(8)18-15-24(38-31)30(7,35)17-13-23-28(3,4)41-29(5,6)37-23/h21-26,34-35H,11-20H2,1-10H3/t21-,22-,23-,24-,25-,26-,30+,31+,32?,33?/m1/s1. The Morgan fingerprint density at radius 1 is 0.707 bits per heavy atom. The molecule has 0 aromatic heterocycles. The van der Waals surface area contributed by atoms with Gasteiger partial charge in [0.15, 0.2) is 5.79 Å². The van der Waals surface area contributed by atoms with Crippen LogP contribution < -0.4 is 0 Å². The minimum atomic E-state index is -1.01. The van der Waals surface area contributed by atoms with E-state index in [0.717, 1.165) is 44.9 Å². The van der Waals surface area contributed by atoms with Crippen molar-refractivity contribution in [3.8, 4) is 0 Å². The third-order valence-electron chi connectivity index (χ3n) is 11.1. The number of rotatable bonds is 14. The highest BCUT2D eigenvalue weighted by molar-refractivity contribution is 5.07. The van der Waals surface area contributed by atoms with Gasteiger partial charge in [0.2, 0.25) is 0 Å². The van der Waals surface area contributed by atoms with E-state index in [1.54, 1.807) is 0 Å². The summed E-state index contributed by atoms with van der Waals surface area (Å²) in [6, 6.07) is 0. The molecule has 2 N–H and O–H groups in total. The Labute approximate surface area is 248 Å². The summed E-state index contributed by atoms with van der Waals surface area (Å²) in [5.41, 5.74) is -2.19. The molecule has 0 amide bonds. The van der Waals surface area contributed by atoms with Crippen LogP contribution in [0.4, 0.5) is 0 Å². The van der Waals surface area contributed by atoms with Gasteiger partial charge in [-0.05, 0) is 133 Å². The van der Waals surface area contributed by atoms with Crippen LogP contribution in [0.2, 0.25) is 0 Å². The predicted molar refractivity (Wildman–Crippen MR) is 156 cm³/mol. The average Bonchev–Trinajstić information content (AvgIpc) is 3.74. The van der Waals surface area contributed by atoms with Gasteiger partial charge in [-0.3, -0.25) is 0 Å². The molecule has 0 aliphatic carbocycles. The molecule has 10 atom stereocenters. The summed E-state index contributed by atoms with van der Waals surface area (Å²) < 4.78 is 36.5. The number of hydrogen-bond donors (Lipinski definition) is 2. The Morgan fingerprint density at radius 3 is 1.78 bits per heavy atom. The van der Waals surface area contributed by atoms with Crippen molar-refractivity contribution in [2.45, 2.75) is 209 Å². The van der Waals surface area contributed by atoms with Gasteiger partial charge in [-0.25, -0.2) is 0 Å². The molecular weight excluding hydrogens is 524 g/mol. The zero-order valence-corrected chi connectivity index (χ0v) is 27.4. The van der Waals surface area contributed by atoms with Gasteiger partial charge in [0, 0.05) is 0 Å². The van der Waals surface area contributed by atoms with Crippen molar-refractivity contribution in [3.05, 3.63) is 0 Å². The molecule has 2 unspecified atom stereocenters. The van der Waals surface area contributed by atoms with E-state index in [9.17, 15) is 10.2 Å². The van der Waals surface area contributed by atoms with Gasteiger partial charge in [0.1, 0.15) is 0 Å². The quantitative estimate of drug-likeness (QED) is 0.256. The summed E-state index contributed by atoms with van der Waals surface area (Å²) in [7, 11) is 0. The predicted octanol–water partition coefficient (Wildman–Crippen LogP) is 5.58. The van der Waals surface area contributed by atoms with Crippen LogP contribution in [0.15, 0.2) is 0 Å². The normalized spacial score (nSPS) is 45.8. The zero-order chi connectivity index (χ0) is 30.3. The fourth-order valence-electron chi connectivity index (χ4n) is 7.68.